The van der Waals surface area contributed by atoms with Crippen LogP contribution in [0.4, 0.5) is 19.0 Å². The minimum absolute atomic E-state index is 0.0367. The average Bonchev–Trinajstić information content (AvgIpc) is 2.96. The van der Waals surface area contributed by atoms with Crippen molar-refractivity contribution in [3.8, 4) is 0 Å². The molecule has 7 heteroatoms. The van der Waals surface area contributed by atoms with Crippen LogP contribution in [0.15, 0.2) is 12.3 Å². The molecule has 0 bridgehead atoms. The Morgan fingerprint density at radius 3 is 2.62 bits per heavy atom. The van der Waals surface area contributed by atoms with Crippen molar-refractivity contribution in [3.63, 3.8) is 0 Å². The van der Waals surface area contributed by atoms with Gasteiger partial charge in [-0.2, -0.15) is 13.2 Å². The summed E-state index contributed by atoms with van der Waals surface area (Å²) in [5.74, 6) is 0.236. The minimum Gasteiger partial charge on any atom is -0.344 e. The molecule has 88 valence electrons. The summed E-state index contributed by atoms with van der Waals surface area (Å²) < 4.78 is 37.1. The molecule has 1 aromatic heterocycles. The quantitative estimate of drug-likeness (QED) is 0.774. The maximum atomic E-state index is 12.4. The third kappa shape index (κ3) is 2.98. The van der Waals surface area contributed by atoms with Crippen molar-refractivity contribution < 1.29 is 13.2 Å². The van der Waals surface area contributed by atoms with Gasteiger partial charge in [0.25, 0.3) is 0 Å². The van der Waals surface area contributed by atoms with Crippen LogP contribution in [0.5, 0.6) is 0 Å². The second kappa shape index (κ2) is 4.08. The fourth-order valence-electron chi connectivity index (χ4n) is 1.46. The summed E-state index contributed by atoms with van der Waals surface area (Å²) in [6.07, 6.45) is -1.36. The molecular formula is C9H9ClF3N3. The molecule has 16 heavy (non-hydrogen) atoms. The van der Waals surface area contributed by atoms with E-state index in [1.54, 1.807) is 0 Å². The van der Waals surface area contributed by atoms with E-state index in [1.807, 2.05) is 0 Å². The van der Waals surface area contributed by atoms with Gasteiger partial charge in [-0.3, -0.25) is 0 Å². The second-order valence-electron chi connectivity index (χ2n) is 3.66. The van der Waals surface area contributed by atoms with Crippen molar-refractivity contribution in [2.75, 3.05) is 11.4 Å². The first-order valence-electron chi connectivity index (χ1n) is 4.78. The molecule has 1 aliphatic carbocycles. The van der Waals surface area contributed by atoms with Gasteiger partial charge in [-0.15, -0.1) is 0 Å². The first kappa shape index (κ1) is 11.4. The van der Waals surface area contributed by atoms with Gasteiger partial charge in [0.1, 0.15) is 12.4 Å². The summed E-state index contributed by atoms with van der Waals surface area (Å²) in [5.41, 5.74) is 0. The van der Waals surface area contributed by atoms with E-state index in [0.29, 0.717) is 0 Å². The molecule has 0 atom stereocenters. The molecule has 1 saturated carbocycles. The van der Waals surface area contributed by atoms with Crippen LogP contribution in [-0.2, 0) is 0 Å². The molecule has 1 aromatic rings. The van der Waals surface area contributed by atoms with Gasteiger partial charge >= 0.3 is 6.18 Å². The van der Waals surface area contributed by atoms with E-state index in [1.165, 1.54) is 17.2 Å². The van der Waals surface area contributed by atoms with Crippen molar-refractivity contribution >= 4 is 17.4 Å². The number of hydrogen-bond acceptors (Lipinski definition) is 3. The Morgan fingerprint density at radius 2 is 2.12 bits per heavy atom. The van der Waals surface area contributed by atoms with Crippen LogP contribution in [0.25, 0.3) is 0 Å². The summed E-state index contributed by atoms with van der Waals surface area (Å²) in [7, 11) is 0. The van der Waals surface area contributed by atoms with Gasteiger partial charge in [-0.05, 0) is 30.5 Å². The largest absolute Gasteiger partial charge is 0.405 e. The maximum Gasteiger partial charge on any atom is 0.405 e. The number of anilines is 1. The molecule has 0 N–H and O–H groups in total. The third-order valence-corrected chi connectivity index (χ3v) is 2.43. The molecule has 0 unspecified atom stereocenters. The zero-order chi connectivity index (χ0) is 11.8. The van der Waals surface area contributed by atoms with Crippen molar-refractivity contribution in [2.45, 2.75) is 25.1 Å². The highest BCUT2D eigenvalue weighted by Crippen LogP contribution is 2.33. The maximum absolute atomic E-state index is 12.4. The summed E-state index contributed by atoms with van der Waals surface area (Å²) in [6, 6.07) is 1.36. The molecule has 0 radical (unpaired) electrons. The topological polar surface area (TPSA) is 29.0 Å². The Hall–Kier alpha value is -1.04. The number of alkyl halides is 3. The molecule has 0 amide bonds. The van der Waals surface area contributed by atoms with E-state index in [2.05, 4.69) is 9.97 Å². The Balaban J connectivity index is 2.19. The molecule has 2 rings (SSSR count). The van der Waals surface area contributed by atoms with E-state index < -0.39 is 12.7 Å². The molecule has 1 heterocycles. The number of hydrogen-bond donors (Lipinski definition) is 0. The number of nitrogens with zero attached hydrogens (tertiary/aromatic N) is 3. The molecule has 0 spiro atoms. The number of aromatic nitrogens is 2. The van der Waals surface area contributed by atoms with Gasteiger partial charge in [0.05, 0.1) is 0 Å². The number of halogens is 4. The zero-order valence-corrected chi connectivity index (χ0v) is 8.96. The van der Waals surface area contributed by atoms with Crippen LogP contribution in [0.2, 0.25) is 5.28 Å². The normalized spacial score (nSPS) is 16.2. The summed E-state index contributed by atoms with van der Waals surface area (Å²) in [6.45, 7) is -0.995. The lowest BCUT2D eigenvalue weighted by molar-refractivity contribution is -0.120. The van der Waals surface area contributed by atoms with Gasteiger partial charge in [-0.25, -0.2) is 9.97 Å². The lowest BCUT2D eigenvalue weighted by Crippen LogP contribution is -2.36. The van der Waals surface area contributed by atoms with Gasteiger partial charge in [0.2, 0.25) is 5.28 Å². The van der Waals surface area contributed by atoms with Gasteiger partial charge in [0.15, 0.2) is 0 Å². The fraction of sp³-hybridized carbons (Fsp3) is 0.556. The number of rotatable bonds is 3. The lowest BCUT2D eigenvalue weighted by Gasteiger charge is -2.24. The molecule has 1 fully saturated rings. The van der Waals surface area contributed by atoms with Crippen LogP contribution in [0.1, 0.15) is 12.8 Å². The van der Waals surface area contributed by atoms with E-state index in [-0.39, 0.29) is 17.1 Å². The molecule has 0 aromatic carbocycles. The molecular weight excluding hydrogens is 243 g/mol. The standard InChI is InChI=1S/C9H9ClF3N3/c10-8-14-4-3-7(15-8)16(6-1-2-6)5-9(11,12)13/h3-4,6H,1-2,5H2. The van der Waals surface area contributed by atoms with Crippen molar-refractivity contribution in [1.29, 1.82) is 0 Å². The average molecular weight is 252 g/mol. The van der Waals surface area contributed by atoms with Crippen molar-refractivity contribution in [3.05, 3.63) is 17.5 Å². The third-order valence-electron chi connectivity index (χ3n) is 2.24. The first-order chi connectivity index (χ1) is 7.46. The summed E-state index contributed by atoms with van der Waals surface area (Å²) >= 11 is 5.56. The summed E-state index contributed by atoms with van der Waals surface area (Å²) in [4.78, 5) is 8.67. The Morgan fingerprint density at radius 1 is 1.44 bits per heavy atom. The molecule has 1 aliphatic rings. The summed E-state index contributed by atoms with van der Waals surface area (Å²) in [5, 5.41) is -0.0367. The van der Waals surface area contributed by atoms with E-state index in [9.17, 15) is 13.2 Å². The molecule has 0 aliphatic heterocycles. The predicted molar refractivity (Wildman–Crippen MR) is 53.5 cm³/mol. The fourth-order valence-corrected chi connectivity index (χ4v) is 1.61. The van der Waals surface area contributed by atoms with E-state index >= 15 is 0 Å². The van der Waals surface area contributed by atoms with Crippen LogP contribution < -0.4 is 4.90 Å². The van der Waals surface area contributed by atoms with Crippen molar-refractivity contribution in [1.82, 2.24) is 9.97 Å². The second-order valence-corrected chi connectivity index (χ2v) is 4.00. The first-order valence-corrected chi connectivity index (χ1v) is 5.15. The van der Waals surface area contributed by atoms with E-state index in [4.69, 9.17) is 11.6 Å². The Bertz CT molecular complexity index is 379. The Kier molecular flexibility index (Phi) is 2.92. The monoisotopic (exact) mass is 251 g/mol. The van der Waals surface area contributed by atoms with Gasteiger partial charge in [0, 0.05) is 12.2 Å². The predicted octanol–water partition coefficient (Wildman–Crippen LogP) is 2.66. The molecule has 0 saturated heterocycles. The highest BCUT2D eigenvalue weighted by molar-refractivity contribution is 6.28. The van der Waals surface area contributed by atoms with E-state index in [0.717, 1.165) is 12.8 Å². The van der Waals surface area contributed by atoms with Crippen molar-refractivity contribution in [2.24, 2.45) is 0 Å². The van der Waals surface area contributed by atoms with Crippen LogP contribution >= 0.6 is 11.6 Å². The highest BCUT2D eigenvalue weighted by atomic mass is 35.5. The van der Waals surface area contributed by atoms with Crippen LogP contribution in [0, 0.1) is 0 Å². The SMILES string of the molecule is FC(F)(F)CN(c1ccnc(Cl)n1)C1CC1. The van der Waals surface area contributed by atoms with Gasteiger partial charge in [-0.1, -0.05) is 0 Å². The smallest absolute Gasteiger partial charge is 0.344 e. The van der Waals surface area contributed by atoms with Crippen LogP contribution in [-0.4, -0.2) is 28.7 Å². The zero-order valence-electron chi connectivity index (χ0n) is 8.21. The van der Waals surface area contributed by atoms with Crippen LogP contribution in [0.3, 0.4) is 0 Å². The minimum atomic E-state index is -4.24. The molecule has 3 nitrogen and oxygen atoms in total. The lowest BCUT2D eigenvalue weighted by atomic mass is 10.4. The van der Waals surface area contributed by atoms with Gasteiger partial charge < -0.3 is 4.90 Å². The Labute approximate surface area is 95.2 Å². The highest BCUT2D eigenvalue weighted by Gasteiger charge is 2.38.